The second-order valence-electron chi connectivity index (χ2n) is 7.40. The van der Waals surface area contributed by atoms with Crippen molar-refractivity contribution in [2.45, 2.75) is 43.9 Å². The molecule has 1 N–H and O–H groups in total. The van der Waals surface area contributed by atoms with Crippen molar-refractivity contribution in [3.63, 3.8) is 0 Å². The summed E-state index contributed by atoms with van der Waals surface area (Å²) < 4.78 is 12.0. The van der Waals surface area contributed by atoms with Crippen LogP contribution in [-0.4, -0.2) is 53.7 Å². The van der Waals surface area contributed by atoms with Gasteiger partial charge in [0.05, 0.1) is 0 Å². The van der Waals surface area contributed by atoms with Gasteiger partial charge in [0, 0.05) is 44.7 Å². The fourth-order valence-electron chi connectivity index (χ4n) is 4.06. The van der Waals surface area contributed by atoms with Gasteiger partial charge in [-0.2, -0.15) is 0 Å². The van der Waals surface area contributed by atoms with Crippen molar-refractivity contribution in [1.29, 1.82) is 0 Å². The maximum Gasteiger partial charge on any atom is 0.322 e. The van der Waals surface area contributed by atoms with Crippen LogP contribution in [0.3, 0.4) is 0 Å². The lowest BCUT2D eigenvalue weighted by Crippen LogP contribution is -2.44. The number of likely N-dealkylation sites (tertiary alicyclic amines) is 1. The zero-order chi connectivity index (χ0) is 19.0. The van der Waals surface area contributed by atoms with Crippen molar-refractivity contribution in [2.24, 2.45) is 0 Å². The van der Waals surface area contributed by atoms with Crippen molar-refractivity contribution >= 4 is 17.6 Å². The highest BCUT2D eigenvalue weighted by Gasteiger charge is 2.44. The zero-order valence-corrected chi connectivity index (χ0v) is 15.6. The third-order valence-electron chi connectivity index (χ3n) is 5.56. The number of rotatable bonds is 4. The monoisotopic (exact) mass is 371 g/mol. The number of fused-ring (bicyclic) bond motifs is 1. The van der Waals surface area contributed by atoms with Gasteiger partial charge in [-0.15, -0.1) is 6.58 Å². The summed E-state index contributed by atoms with van der Waals surface area (Å²) in [5.41, 5.74) is 0.623. The van der Waals surface area contributed by atoms with E-state index in [9.17, 15) is 9.59 Å². The van der Waals surface area contributed by atoms with Gasteiger partial charge < -0.3 is 24.6 Å². The van der Waals surface area contributed by atoms with Gasteiger partial charge in [-0.05, 0) is 31.4 Å². The Labute approximate surface area is 158 Å². The number of nitrogens with zero attached hydrogens (tertiary/aromatic N) is 2. The van der Waals surface area contributed by atoms with Gasteiger partial charge in [0.2, 0.25) is 5.91 Å². The lowest BCUT2D eigenvalue weighted by atomic mass is 10.2. The average molecular weight is 371 g/mol. The molecule has 144 valence electrons. The number of carbonyl (C=O) groups excluding carboxylic acids is 2. The Bertz CT molecular complexity index is 772. The first-order valence-corrected chi connectivity index (χ1v) is 9.47. The van der Waals surface area contributed by atoms with Crippen LogP contribution in [0, 0.1) is 0 Å². The molecular formula is C20H25N3O4. The molecule has 0 radical (unpaired) electrons. The van der Waals surface area contributed by atoms with E-state index in [0.29, 0.717) is 36.7 Å². The first kappa shape index (κ1) is 17.7. The number of ether oxygens (including phenoxy) is 2. The van der Waals surface area contributed by atoms with E-state index in [2.05, 4.69) is 11.9 Å². The normalized spacial score (nSPS) is 22.3. The molecule has 0 bridgehead atoms. The molecule has 1 saturated carbocycles. The summed E-state index contributed by atoms with van der Waals surface area (Å²) >= 11 is 0. The van der Waals surface area contributed by atoms with E-state index in [4.69, 9.17) is 9.47 Å². The van der Waals surface area contributed by atoms with Crippen LogP contribution in [0.1, 0.15) is 32.1 Å². The van der Waals surface area contributed by atoms with Gasteiger partial charge in [0.15, 0.2) is 11.5 Å². The summed E-state index contributed by atoms with van der Waals surface area (Å²) in [6, 6.07) is 4.64. The molecule has 1 saturated heterocycles. The van der Waals surface area contributed by atoms with Crippen LogP contribution in [0.25, 0.3) is 0 Å². The van der Waals surface area contributed by atoms with Crippen LogP contribution in [0.15, 0.2) is 30.9 Å². The number of benzene rings is 1. The molecule has 2 fully saturated rings. The molecule has 27 heavy (non-hydrogen) atoms. The minimum Gasteiger partial charge on any atom is -0.448 e. The largest absolute Gasteiger partial charge is 0.448 e. The van der Waals surface area contributed by atoms with Crippen LogP contribution >= 0.6 is 0 Å². The standard InChI is InChI=1S/C20H25N3O4/c1-3-11-23-12-8-15(18(23)24)22(2)19(25)21-14-6-7-16-17(13-14)27-20(26-16)9-4-5-10-20/h3,6-7,13,15H,1,4-5,8-12H2,2H3,(H,21,25). The molecule has 7 nitrogen and oxygen atoms in total. The minimum atomic E-state index is -0.521. The second-order valence-corrected chi connectivity index (χ2v) is 7.40. The van der Waals surface area contributed by atoms with Crippen LogP contribution in [0.4, 0.5) is 10.5 Å². The maximum absolute atomic E-state index is 12.6. The second kappa shape index (κ2) is 6.79. The molecule has 0 aromatic heterocycles. The molecule has 7 heteroatoms. The highest BCUT2D eigenvalue weighted by molar-refractivity contribution is 5.94. The van der Waals surface area contributed by atoms with Gasteiger partial charge in [-0.25, -0.2) is 4.79 Å². The summed E-state index contributed by atoms with van der Waals surface area (Å²) in [6.07, 6.45) is 6.29. The molecule has 2 aliphatic heterocycles. The predicted molar refractivity (Wildman–Crippen MR) is 101 cm³/mol. The lowest BCUT2D eigenvalue weighted by molar-refractivity contribution is -0.130. The Morgan fingerprint density at radius 2 is 2.11 bits per heavy atom. The van der Waals surface area contributed by atoms with Gasteiger partial charge in [0.1, 0.15) is 6.04 Å². The number of likely N-dealkylation sites (N-methyl/N-ethyl adjacent to an activating group) is 1. The van der Waals surface area contributed by atoms with E-state index >= 15 is 0 Å². The Morgan fingerprint density at radius 1 is 1.37 bits per heavy atom. The number of anilines is 1. The lowest BCUT2D eigenvalue weighted by Gasteiger charge is -2.24. The molecule has 1 aromatic carbocycles. The third kappa shape index (κ3) is 3.22. The topological polar surface area (TPSA) is 71.1 Å². The van der Waals surface area contributed by atoms with Crippen molar-refractivity contribution in [2.75, 3.05) is 25.5 Å². The predicted octanol–water partition coefficient (Wildman–Crippen LogP) is 2.98. The van der Waals surface area contributed by atoms with Crippen molar-refractivity contribution in [1.82, 2.24) is 9.80 Å². The summed E-state index contributed by atoms with van der Waals surface area (Å²) in [5.74, 6) is 0.814. The Hall–Kier alpha value is -2.70. The molecule has 4 rings (SSSR count). The first-order chi connectivity index (χ1) is 13.0. The molecule has 1 unspecified atom stereocenters. The fraction of sp³-hybridized carbons (Fsp3) is 0.500. The average Bonchev–Trinajstić information content (AvgIpc) is 3.34. The fourth-order valence-corrected chi connectivity index (χ4v) is 4.06. The number of carbonyl (C=O) groups is 2. The highest BCUT2D eigenvalue weighted by atomic mass is 16.7. The summed E-state index contributed by atoms with van der Waals surface area (Å²) in [7, 11) is 1.65. The van der Waals surface area contributed by atoms with Crippen LogP contribution < -0.4 is 14.8 Å². The van der Waals surface area contributed by atoms with Crippen molar-refractivity contribution in [3.05, 3.63) is 30.9 Å². The van der Waals surface area contributed by atoms with Crippen LogP contribution in [-0.2, 0) is 4.79 Å². The maximum atomic E-state index is 12.6. The quantitative estimate of drug-likeness (QED) is 0.826. The Kier molecular flexibility index (Phi) is 4.45. The third-order valence-corrected chi connectivity index (χ3v) is 5.56. The molecule has 1 atom stereocenters. The summed E-state index contributed by atoms with van der Waals surface area (Å²) in [6.45, 7) is 4.81. The van der Waals surface area contributed by atoms with E-state index in [1.807, 2.05) is 6.07 Å². The van der Waals surface area contributed by atoms with Crippen LogP contribution in [0.5, 0.6) is 11.5 Å². The SMILES string of the molecule is C=CCN1CCC(N(C)C(=O)Nc2ccc3c(c2)OC2(CCCC2)O3)C1=O. The number of hydrogen-bond donors (Lipinski definition) is 1. The molecule has 1 spiro atoms. The van der Waals surface area contributed by atoms with E-state index in [1.54, 1.807) is 30.2 Å². The van der Waals surface area contributed by atoms with Gasteiger partial charge in [-0.1, -0.05) is 6.08 Å². The number of urea groups is 1. The Balaban J connectivity index is 1.41. The molecule has 2 heterocycles. The zero-order valence-electron chi connectivity index (χ0n) is 15.6. The molecule has 3 aliphatic rings. The van der Waals surface area contributed by atoms with E-state index in [0.717, 1.165) is 25.7 Å². The van der Waals surface area contributed by atoms with Crippen molar-refractivity contribution in [3.8, 4) is 11.5 Å². The highest BCUT2D eigenvalue weighted by Crippen LogP contribution is 2.47. The number of amides is 3. The van der Waals surface area contributed by atoms with Gasteiger partial charge >= 0.3 is 6.03 Å². The summed E-state index contributed by atoms with van der Waals surface area (Å²) in [4.78, 5) is 28.2. The molecule has 3 amide bonds. The van der Waals surface area contributed by atoms with Gasteiger partial charge in [0.25, 0.3) is 5.79 Å². The number of nitrogens with one attached hydrogen (secondary N) is 1. The smallest absolute Gasteiger partial charge is 0.322 e. The molecule has 1 aromatic rings. The Morgan fingerprint density at radius 3 is 2.85 bits per heavy atom. The first-order valence-electron chi connectivity index (χ1n) is 9.47. The van der Waals surface area contributed by atoms with Crippen molar-refractivity contribution < 1.29 is 19.1 Å². The van der Waals surface area contributed by atoms with Gasteiger partial charge in [-0.3, -0.25) is 4.79 Å². The molecule has 1 aliphatic carbocycles. The molecular weight excluding hydrogens is 346 g/mol. The van der Waals surface area contributed by atoms with Crippen LogP contribution in [0.2, 0.25) is 0 Å². The van der Waals surface area contributed by atoms with E-state index in [-0.39, 0.29) is 11.9 Å². The summed E-state index contributed by atoms with van der Waals surface area (Å²) in [5, 5.41) is 2.86. The van der Waals surface area contributed by atoms with E-state index in [1.165, 1.54) is 4.90 Å². The number of hydrogen-bond acceptors (Lipinski definition) is 4. The minimum absolute atomic E-state index is 0.0404. The van der Waals surface area contributed by atoms with E-state index < -0.39 is 11.8 Å².